The first-order valence-corrected chi connectivity index (χ1v) is 3.13. The number of ether oxygens (including phenoxy) is 1. The third-order valence-electron chi connectivity index (χ3n) is 1.34. The van der Waals surface area contributed by atoms with E-state index in [9.17, 15) is 0 Å². The lowest BCUT2D eigenvalue weighted by Gasteiger charge is -2.19. The summed E-state index contributed by atoms with van der Waals surface area (Å²) in [6.45, 7) is 3.60. The normalized spacial score (nSPS) is 14.3. The zero-order chi connectivity index (χ0) is 7.28. The Labute approximate surface area is 56.8 Å². The van der Waals surface area contributed by atoms with Crippen molar-refractivity contribution in [2.24, 2.45) is 5.73 Å². The number of likely N-dealkylation sites (N-methyl/N-ethyl adjacent to an activating group) is 1. The molecule has 0 aromatic rings. The fraction of sp³-hybridized carbons (Fsp3) is 1.00. The van der Waals surface area contributed by atoms with E-state index >= 15 is 0 Å². The highest BCUT2D eigenvalue weighted by atomic mass is 16.5. The van der Waals surface area contributed by atoms with E-state index in [0.717, 1.165) is 13.2 Å². The summed E-state index contributed by atoms with van der Waals surface area (Å²) in [4.78, 5) is 2.03. The van der Waals surface area contributed by atoms with Crippen molar-refractivity contribution in [3.05, 3.63) is 0 Å². The monoisotopic (exact) mass is 132 g/mol. The maximum atomic E-state index is 5.55. The van der Waals surface area contributed by atoms with Gasteiger partial charge in [0.05, 0.1) is 12.8 Å². The average molecular weight is 132 g/mol. The summed E-state index contributed by atoms with van der Waals surface area (Å²) >= 11 is 0. The number of nitrogens with two attached hydrogens (primary N) is 1. The van der Waals surface area contributed by atoms with Crippen LogP contribution in [0.1, 0.15) is 6.92 Å². The fourth-order valence-corrected chi connectivity index (χ4v) is 0.439. The predicted molar refractivity (Wildman–Crippen MR) is 38.2 cm³/mol. The SMILES string of the molecule is COCCN(C)C(C)N. The van der Waals surface area contributed by atoms with E-state index in [-0.39, 0.29) is 6.17 Å². The minimum absolute atomic E-state index is 0.125. The van der Waals surface area contributed by atoms with Gasteiger partial charge in [-0.1, -0.05) is 0 Å². The molecule has 1 unspecified atom stereocenters. The van der Waals surface area contributed by atoms with E-state index in [2.05, 4.69) is 0 Å². The Balaban J connectivity index is 3.16. The van der Waals surface area contributed by atoms with Crippen molar-refractivity contribution in [3.8, 4) is 0 Å². The highest BCUT2D eigenvalue weighted by Crippen LogP contribution is 1.85. The van der Waals surface area contributed by atoms with Gasteiger partial charge in [-0.05, 0) is 14.0 Å². The molecule has 0 rings (SSSR count). The smallest absolute Gasteiger partial charge is 0.0590 e. The van der Waals surface area contributed by atoms with Gasteiger partial charge in [0.25, 0.3) is 0 Å². The zero-order valence-electron chi connectivity index (χ0n) is 6.42. The first-order chi connectivity index (χ1) is 4.18. The lowest BCUT2D eigenvalue weighted by Crippen LogP contribution is -2.38. The van der Waals surface area contributed by atoms with Crippen LogP contribution in [0.4, 0.5) is 0 Å². The molecule has 0 fully saturated rings. The van der Waals surface area contributed by atoms with Crippen LogP contribution in [0, 0.1) is 0 Å². The van der Waals surface area contributed by atoms with Gasteiger partial charge in [0.2, 0.25) is 0 Å². The van der Waals surface area contributed by atoms with Crippen molar-refractivity contribution in [2.75, 3.05) is 27.3 Å². The Morgan fingerprint density at radius 1 is 1.67 bits per heavy atom. The van der Waals surface area contributed by atoms with Crippen LogP contribution in [0.2, 0.25) is 0 Å². The molecule has 2 N–H and O–H groups in total. The summed E-state index contributed by atoms with van der Waals surface area (Å²) in [7, 11) is 3.67. The lowest BCUT2D eigenvalue weighted by atomic mass is 10.5. The number of methoxy groups -OCH3 is 1. The van der Waals surface area contributed by atoms with Gasteiger partial charge in [-0.15, -0.1) is 0 Å². The summed E-state index contributed by atoms with van der Waals surface area (Å²) in [5.74, 6) is 0. The molecule has 3 heteroatoms. The van der Waals surface area contributed by atoms with Crippen LogP contribution in [0.5, 0.6) is 0 Å². The first-order valence-electron chi connectivity index (χ1n) is 3.13. The minimum atomic E-state index is 0.125. The summed E-state index contributed by atoms with van der Waals surface area (Å²) in [6.07, 6.45) is 0.125. The number of rotatable bonds is 4. The van der Waals surface area contributed by atoms with Gasteiger partial charge in [0.1, 0.15) is 0 Å². The molecule has 0 amide bonds. The van der Waals surface area contributed by atoms with Crippen molar-refractivity contribution in [3.63, 3.8) is 0 Å². The molecule has 9 heavy (non-hydrogen) atoms. The maximum absolute atomic E-state index is 5.55. The van der Waals surface area contributed by atoms with Crippen LogP contribution >= 0.6 is 0 Å². The molecule has 0 aromatic carbocycles. The molecule has 56 valence electrons. The molecule has 0 aliphatic carbocycles. The van der Waals surface area contributed by atoms with Crippen molar-refractivity contribution in [1.82, 2.24) is 4.90 Å². The largest absolute Gasteiger partial charge is 0.383 e. The van der Waals surface area contributed by atoms with Crippen LogP contribution in [0.15, 0.2) is 0 Å². The van der Waals surface area contributed by atoms with E-state index in [1.54, 1.807) is 7.11 Å². The molecule has 0 bridgehead atoms. The van der Waals surface area contributed by atoms with Crippen molar-refractivity contribution in [1.29, 1.82) is 0 Å². The Kier molecular flexibility index (Phi) is 4.67. The quantitative estimate of drug-likeness (QED) is 0.541. The average Bonchev–Trinajstić information content (AvgIpc) is 1.82. The number of nitrogens with zero attached hydrogens (tertiary/aromatic N) is 1. The molecule has 3 nitrogen and oxygen atoms in total. The van der Waals surface area contributed by atoms with Crippen molar-refractivity contribution < 1.29 is 4.74 Å². The minimum Gasteiger partial charge on any atom is -0.383 e. The molecule has 0 saturated heterocycles. The van der Waals surface area contributed by atoms with Gasteiger partial charge in [-0.25, -0.2) is 0 Å². The Bertz CT molecular complexity index is 66.1. The third kappa shape index (κ3) is 4.39. The molecule has 0 saturated carbocycles. The van der Waals surface area contributed by atoms with Crippen molar-refractivity contribution in [2.45, 2.75) is 13.1 Å². The molecule has 0 aromatic heterocycles. The van der Waals surface area contributed by atoms with Crippen LogP contribution < -0.4 is 5.73 Å². The zero-order valence-corrected chi connectivity index (χ0v) is 6.42. The van der Waals surface area contributed by atoms with Crippen molar-refractivity contribution >= 4 is 0 Å². The Morgan fingerprint density at radius 3 is 2.56 bits per heavy atom. The topological polar surface area (TPSA) is 38.5 Å². The van der Waals surface area contributed by atoms with E-state index < -0.39 is 0 Å². The standard InChI is InChI=1S/C6H16N2O/c1-6(7)8(2)4-5-9-3/h6H,4-5,7H2,1-3H3. The van der Waals surface area contributed by atoms with Gasteiger partial charge in [-0.3, -0.25) is 4.90 Å². The molecule has 0 radical (unpaired) electrons. The molecule has 0 spiro atoms. The fourth-order valence-electron chi connectivity index (χ4n) is 0.439. The molecule has 0 aliphatic rings. The number of hydrogen-bond donors (Lipinski definition) is 1. The molecule has 0 heterocycles. The second-order valence-corrected chi connectivity index (χ2v) is 2.21. The van der Waals surface area contributed by atoms with Crippen LogP contribution in [-0.2, 0) is 4.74 Å². The molecular formula is C6H16N2O. The molecule has 1 atom stereocenters. The summed E-state index contributed by atoms with van der Waals surface area (Å²) in [5.41, 5.74) is 5.55. The molecular weight excluding hydrogens is 116 g/mol. The second kappa shape index (κ2) is 4.73. The Hall–Kier alpha value is -0.120. The highest BCUT2D eigenvalue weighted by Gasteiger charge is 2.00. The van der Waals surface area contributed by atoms with Crippen LogP contribution in [0.3, 0.4) is 0 Å². The van der Waals surface area contributed by atoms with Gasteiger partial charge in [-0.2, -0.15) is 0 Å². The maximum Gasteiger partial charge on any atom is 0.0590 e. The number of hydrogen-bond acceptors (Lipinski definition) is 3. The lowest BCUT2D eigenvalue weighted by molar-refractivity contribution is 0.144. The van der Waals surface area contributed by atoms with Crippen LogP contribution in [0.25, 0.3) is 0 Å². The second-order valence-electron chi connectivity index (χ2n) is 2.21. The van der Waals surface area contributed by atoms with Gasteiger partial charge in [0.15, 0.2) is 0 Å². The Morgan fingerprint density at radius 2 is 2.22 bits per heavy atom. The van der Waals surface area contributed by atoms with E-state index in [0.29, 0.717) is 0 Å². The third-order valence-corrected chi connectivity index (χ3v) is 1.34. The van der Waals surface area contributed by atoms with E-state index in [1.165, 1.54) is 0 Å². The first kappa shape index (κ1) is 8.88. The van der Waals surface area contributed by atoms with Gasteiger partial charge < -0.3 is 10.5 Å². The summed E-state index contributed by atoms with van der Waals surface area (Å²) in [5, 5.41) is 0. The predicted octanol–water partition coefficient (Wildman–Crippen LogP) is -0.131. The summed E-state index contributed by atoms with van der Waals surface area (Å²) < 4.78 is 4.87. The highest BCUT2D eigenvalue weighted by molar-refractivity contribution is 4.52. The van der Waals surface area contributed by atoms with E-state index in [1.807, 2.05) is 18.9 Å². The van der Waals surface area contributed by atoms with Gasteiger partial charge >= 0.3 is 0 Å². The molecule has 0 aliphatic heterocycles. The summed E-state index contributed by atoms with van der Waals surface area (Å²) in [6, 6.07) is 0. The van der Waals surface area contributed by atoms with Crippen LogP contribution in [-0.4, -0.2) is 38.4 Å². The van der Waals surface area contributed by atoms with Gasteiger partial charge in [0, 0.05) is 13.7 Å². The van der Waals surface area contributed by atoms with E-state index in [4.69, 9.17) is 10.5 Å².